The number of hydrogen-bond acceptors (Lipinski definition) is 7. The van der Waals surface area contributed by atoms with Gasteiger partial charge in [-0.2, -0.15) is 13.2 Å². The van der Waals surface area contributed by atoms with Crippen molar-refractivity contribution in [1.82, 2.24) is 15.3 Å². The normalized spacial score (nSPS) is 14.3. The molecule has 0 saturated carbocycles. The summed E-state index contributed by atoms with van der Waals surface area (Å²) >= 11 is 0. The van der Waals surface area contributed by atoms with E-state index < -0.39 is 37.0 Å². The Morgan fingerprint density at radius 2 is 1.94 bits per heavy atom. The van der Waals surface area contributed by atoms with Crippen LogP contribution < -0.4 is 10.8 Å². The number of aromatic nitrogens is 2. The number of hydrogen-bond donors (Lipinski definition) is 2. The summed E-state index contributed by atoms with van der Waals surface area (Å²) in [6.45, 7) is 4.99. The van der Waals surface area contributed by atoms with Gasteiger partial charge in [0.25, 0.3) is 5.91 Å². The number of amides is 1. The molecule has 0 bridgehead atoms. The van der Waals surface area contributed by atoms with Gasteiger partial charge in [0.2, 0.25) is 5.82 Å². The Labute approximate surface area is 182 Å². The number of nitrogens with one attached hydrogen (secondary N) is 1. The maximum absolute atomic E-state index is 12.8. The second kappa shape index (κ2) is 9.25. The van der Waals surface area contributed by atoms with E-state index >= 15 is 0 Å². The van der Waals surface area contributed by atoms with Crippen LogP contribution >= 0.6 is 0 Å². The smallest absolute Gasteiger partial charge is 0.459 e. The molecule has 1 atom stereocenters. The molecule has 1 amide bonds. The number of ether oxygens (including phenoxy) is 1. The van der Waals surface area contributed by atoms with Crippen LogP contribution in [0.15, 0.2) is 24.5 Å². The van der Waals surface area contributed by atoms with E-state index in [1.54, 1.807) is 32.9 Å². The molecule has 1 aromatic heterocycles. The van der Waals surface area contributed by atoms with E-state index in [9.17, 15) is 27.8 Å². The molecule has 12 heteroatoms. The van der Waals surface area contributed by atoms with Crippen LogP contribution in [-0.2, 0) is 33.6 Å². The molecule has 2 N–H and O–H groups in total. The summed E-state index contributed by atoms with van der Waals surface area (Å²) in [5.41, 5.74) is 2.31. The average molecular weight is 451 g/mol. The zero-order valence-corrected chi connectivity index (χ0v) is 17.6. The van der Waals surface area contributed by atoms with Crippen LogP contribution in [0.3, 0.4) is 0 Å². The van der Waals surface area contributed by atoms with E-state index in [-0.39, 0.29) is 30.3 Å². The summed E-state index contributed by atoms with van der Waals surface area (Å²) < 4.78 is 48.0. The number of benzene rings is 1. The fourth-order valence-corrected chi connectivity index (χ4v) is 3.29. The van der Waals surface area contributed by atoms with Crippen molar-refractivity contribution in [3.63, 3.8) is 0 Å². The summed E-state index contributed by atoms with van der Waals surface area (Å²) in [6, 6.07) is 2.26. The van der Waals surface area contributed by atoms with Crippen LogP contribution in [0.4, 0.5) is 13.2 Å². The fraction of sp³-hybridized carbons (Fsp3) is 0.400. The molecule has 0 saturated heterocycles. The van der Waals surface area contributed by atoms with Crippen molar-refractivity contribution in [3.05, 3.63) is 52.6 Å². The monoisotopic (exact) mass is 451 g/mol. The Morgan fingerprint density at radius 3 is 2.53 bits per heavy atom. The molecule has 1 aromatic carbocycles. The van der Waals surface area contributed by atoms with E-state index in [0.717, 1.165) is 18.0 Å². The van der Waals surface area contributed by atoms with Gasteiger partial charge in [0, 0.05) is 23.5 Å². The molecule has 0 radical (unpaired) electrons. The van der Waals surface area contributed by atoms with Gasteiger partial charge in [-0.05, 0) is 35.5 Å². The predicted molar refractivity (Wildman–Crippen MR) is 106 cm³/mol. The van der Waals surface area contributed by atoms with Crippen molar-refractivity contribution >= 4 is 24.5 Å². The number of carbonyl (C=O) groups excluding carboxylic acids is 2. The van der Waals surface area contributed by atoms with Crippen LogP contribution in [0, 0.1) is 12.8 Å². The summed E-state index contributed by atoms with van der Waals surface area (Å²) in [4.78, 5) is 31.8. The highest BCUT2D eigenvalue weighted by Gasteiger charge is 2.35. The zero-order chi connectivity index (χ0) is 23.6. The lowest BCUT2D eigenvalue weighted by molar-refractivity contribution is -0.149. The second-order valence-electron chi connectivity index (χ2n) is 7.69. The number of halogens is 3. The molecule has 1 aliphatic heterocycles. The summed E-state index contributed by atoms with van der Waals surface area (Å²) in [5, 5.41) is 12.6. The number of nitrogens with zero attached hydrogens (tertiary/aromatic N) is 2. The zero-order valence-electron chi connectivity index (χ0n) is 17.6. The summed E-state index contributed by atoms with van der Waals surface area (Å²) in [6.07, 6.45) is -2.82. The highest BCUT2D eigenvalue weighted by molar-refractivity contribution is 6.62. The Hall–Kier alpha value is -2.99. The van der Waals surface area contributed by atoms with Crippen LogP contribution in [0.5, 0.6) is 0 Å². The van der Waals surface area contributed by atoms with Crippen molar-refractivity contribution < 1.29 is 37.2 Å². The van der Waals surface area contributed by atoms with E-state index in [4.69, 9.17) is 9.39 Å². The number of alkyl halides is 3. The minimum Gasteiger partial charge on any atom is -0.459 e. The first-order valence-electron chi connectivity index (χ1n) is 9.76. The van der Waals surface area contributed by atoms with Gasteiger partial charge in [0.15, 0.2) is 0 Å². The number of fused-ring (bicyclic) bond motifs is 1. The van der Waals surface area contributed by atoms with E-state index in [1.807, 2.05) is 0 Å². The average Bonchev–Trinajstić information content (AvgIpc) is 3.11. The van der Waals surface area contributed by atoms with E-state index in [2.05, 4.69) is 15.3 Å². The first-order valence-corrected chi connectivity index (χ1v) is 9.76. The Morgan fingerprint density at radius 1 is 1.28 bits per heavy atom. The van der Waals surface area contributed by atoms with Crippen molar-refractivity contribution in [3.8, 4) is 0 Å². The van der Waals surface area contributed by atoms with Gasteiger partial charge in [-0.25, -0.2) is 14.8 Å². The maximum Gasteiger partial charge on any atom is 0.492 e. The third-order valence-electron chi connectivity index (χ3n) is 5.04. The lowest BCUT2D eigenvalue weighted by Crippen LogP contribution is -2.46. The number of rotatable bonds is 6. The van der Waals surface area contributed by atoms with Gasteiger partial charge in [-0.3, -0.25) is 4.79 Å². The SMILES string of the molecule is Cc1c(C(=O)N[C@H](C(=O)OCc2cnc(C(F)(F)F)nc2)C(C)C)ccc2c1B(O)OC2. The third-order valence-corrected chi connectivity index (χ3v) is 5.04. The maximum atomic E-state index is 12.8. The molecule has 2 heterocycles. The second-order valence-corrected chi connectivity index (χ2v) is 7.69. The predicted octanol–water partition coefficient (Wildman–Crippen LogP) is 1.52. The van der Waals surface area contributed by atoms with Gasteiger partial charge in [0.1, 0.15) is 12.6 Å². The lowest BCUT2D eigenvalue weighted by atomic mass is 9.75. The molecule has 1 aliphatic rings. The van der Waals surface area contributed by atoms with Crippen LogP contribution in [0.2, 0.25) is 0 Å². The van der Waals surface area contributed by atoms with Gasteiger partial charge >= 0.3 is 19.3 Å². The van der Waals surface area contributed by atoms with Gasteiger partial charge in [0.05, 0.1) is 6.61 Å². The quantitative estimate of drug-likeness (QED) is 0.506. The summed E-state index contributed by atoms with van der Waals surface area (Å²) in [7, 11) is -1.12. The Kier molecular flexibility index (Phi) is 6.84. The first-order chi connectivity index (χ1) is 15.0. The molecular formula is C20H21BF3N3O5. The molecule has 8 nitrogen and oxygen atoms in total. The largest absolute Gasteiger partial charge is 0.492 e. The molecule has 32 heavy (non-hydrogen) atoms. The van der Waals surface area contributed by atoms with Crippen molar-refractivity contribution in [2.75, 3.05) is 0 Å². The molecule has 3 rings (SSSR count). The first kappa shape index (κ1) is 23.7. The third kappa shape index (κ3) is 5.08. The van der Waals surface area contributed by atoms with Crippen LogP contribution in [0.1, 0.15) is 46.7 Å². The van der Waals surface area contributed by atoms with Crippen LogP contribution in [0.25, 0.3) is 0 Å². The molecular weight excluding hydrogens is 430 g/mol. The molecule has 0 unspecified atom stereocenters. The minimum absolute atomic E-state index is 0.170. The number of carbonyl (C=O) groups is 2. The Balaban J connectivity index is 1.67. The minimum atomic E-state index is -4.67. The molecule has 0 fully saturated rings. The highest BCUT2D eigenvalue weighted by atomic mass is 19.4. The lowest BCUT2D eigenvalue weighted by Gasteiger charge is -2.22. The van der Waals surface area contributed by atoms with Gasteiger partial charge in [-0.15, -0.1) is 0 Å². The van der Waals surface area contributed by atoms with Crippen LogP contribution in [-0.4, -0.2) is 40.0 Å². The molecule has 170 valence electrons. The Bertz CT molecular complexity index is 1010. The molecule has 0 aliphatic carbocycles. The summed E-state index contributed by atoms with van der Waals surface area (Å²) in [5.74, 6) is -2.91. The topological polar surface area (TPSA) is 111 Å². The van der Waals surface area contributed by atoms with E-state index in [1.165, 1.54) is 0 Å². The van der Waals surface area contributed by atoms with E-state index in [0.29, 0.717) is 11.0 Å². The van der Waals surface area contributed by atoms with Gasteiger partial charge < -0.3 is 19.7 Å². The van der Waals surface area contributed by atoms with Crippen molar-refractivity contribution in [2.24, 2.45) is 5.92 Å². The van der Waals surface area contributed by atoms with Crippen molar-refractivity contribution in [1.29, 1.82) is 0 Å². The van der Waals surface area contributed by atoms with Gasteiger partial charge in [-0.1, -0.05) is 19.9 Å². The fourth-order valence-electron chi connectivity index (χ4n) is 3.29. The molecule has 0 spiro atoms. The van der Waals surface area contributed by atoms with Crippen molar-refractivity contribution in [2.45, 2.75) is 46.2 Å². The number of esters is 1. The standard InChI is InChI=1S/C20H21BF3N3O5/c1-10(2)16(18(29)31-8-12-6-25-19(26-7-12)20(22,23)24)27-17(28)14-5-4-13-9-32-21(30)15(13)11(14)3/h4-7,10,16,30H,8-9H2,1-3H3,(H,27,28)/t16-/m0/s1. The highest BCUT2D eigenvalue weighted by Crippen LogP contribution is 2.25. The molecule has 2 aromatic rings.